The smallest absolute Gasteiger partial charge is 0.252 e. The summed E-state index contributed by atoms with van der Waals surface area (Å²) in [6, 6.07) is 97.2. The standard InChI is InChI=1S/C63H49BN2Si2/c1-45(2)67(48-29-13-5-14-30-48,49-31-15-6-16-32-49)52-41-59-63-60(42-52)66(47-27-11-4-12-28-47)58-44-62-54(43-56(58)64(63)55-38-22-23-39-57(55)65(59)46-25-9-3-10-26-46)53-37-21-24-40-61(53)68(62,50-33-17-7-18-34-50)51-35-19-8-20-36-51/h3-45H,1-2H3. The number of nitrogens with zero attached hydrogens (tertiary/aromatic N) is 2. The number of anilines is 6. The average Bonchev–Trinajstić information content (AvgIpc) is 3.69. The van der Waals surface area contributed by atoms with E-state index in [0.29, 0.717) is 5.54 Å². The third-order valence-electron chi connectivity index (χ3n) is 15.4. The van der Waals surface area contributed by atoms with Gasteiger partial charge in [-0.25, -0.2) is 0 Å². The van der Waals surface area contributed by atoms with Crippen LogP contribution < -0.4 is 62.5 Å². The van der Waals surface area contributed by atoms with Gasteiger partial charge in [0.25, 0.3) is 6.71 Å². The molecule has 0 saturated carbocycles. The third-order valence-corrected chi connectivity index (χ3v) is 25.6. The molecule has 0 aliphatic carbocycles. The Balaban J connectivity index is 1.20. The fraction of sp³-hybridized carbons (Fsp3) is 0.0476. The lowest BCUT2D eigenvalue weighted by molar-refractivity contribution is 1.04. The third kappa shape index (κ3) is 5.76. The quantitative estimate of drug-likeness (QED) is 0.111. The van der Waals surface area contributed by atoms with Gasteiger partial charge in [-0.3, -0.25) is 0 Å². The lowest BCUT2D eigenvalue weighted by Gasteiger charge is -2.46. The van der Waals surface area contributed by atoms with E-state index >= 15 is 0 Å². The summed E-state index contributed by atoms with van der Waals surface area (Å²) in [6.07, 6.45) is 0. The van der Waals surface area contributed by atoms with Crippen molar-refractivity contribution >= 4 is 110 Å². The molecule has 10 aromatic carbocycles. The van der Waals surface area contributed by atoms with Crippen molar-refractivity contribution in [1.29, 1.82) is 0 Å². The van der Waals surface area contributed by atoms with Gasteiger partial charge in [0.05, 0.1) is 0 Å². The summed E-state index contributed by atoms with van der Waals surface area (Å²) in [7, 11) is -5.60. The largest absolute Gasteiger partial charge is 0.311 e. The lowest BCUT2D eigenvalue weighted by atomic mass is 9.33. The zero-order chi connectivity index (χ0) is 45.4. The maximum Gasteiger partial charge on any atom is 0.252 e. The first kappa shape index (κ1) is 40.6. The number of para-hydroxylation sites is 3. The molecular formula is C63H49BN2Si2. The van der Waals surface area contributed by atoms with Crippen molar-refractivity contribution in [2.75, 3.05) is 9.80 Å². The van der Waals surface area contributed by atoms with Crippen LogP contribution >= 0.6 is 0 Å². The van der Waals surface area contributed by atoms with Gasteiger partial charge in [0, 0.05) is 34.1 Å². The second kappa shape index (κ2) is 16.0. The molecule has 3 heterocycles. The average molecular weight is 901 g/mol. The molecule has 0 aromatic heterocycles. The van der Waals surface area contributed by atoms with E-state index in [1.54, 1.807) is 0 Å². The molecule has 0 bridgehead atoms. The predicted molar refractivity (Wildman–Crippen MR) is 296 cm³/mol. The zero-order valence-electron chi connectivity index (χ0n) is 38.3. The summed E-state index contributed by atoms with van der Waals surface area (Å²) in [5.74, 6) is 0. The van der Waals surface area contributed by atoms with Gasteiger partial charge in [-0.05, 0) is 118 Å². The van der Waals surface area contributed by atoms with Gasteiger partial charge in [0.15, 0.2) is 16.1 Å². The normalized spacial score (nSPS) is 13.9. The molecule has 3 aliphatic rings. The topological polar surface area (TPSA) is 6.48 Å². The zero-order valence-corrected chi connectivity index (χ0v) is 40.3. The van der Waals surface area contributed by atoms with Crippen LogP contribution in [0.1, 0.15) is 13.8 Å². The number of benzene rings is 10. The van der Waals surface area contributed by atoms with E-state index in [2.05, 4.69) is 278 Å². The highest BCUT2D eigenvalue weighted by Gasteiger charge is 2.52. The van der Waals surface area contributed by atoms with Crippen LogP contribution in [-0.2, 0) is 0 Å². The summed E-state index contributed by atoms with van der Waals surface area (Å²) >= 11 is 0. The molecule has 68 heavy (non-hydrogen) atoms. The Morgan fingerprint density at radius 3 is 1.37 bits per heavy atom. The summed E-state index contributed by atoms with van der Waals surface area (Å²) in [5.41, 5.74) is 14.4. The van der Waals surface area contributed by atoms with Crippen molar-refractivity contribution in [2.24, 2.45) is 0 Å². The molecule has 0 N–H and O–H groups in total. The van der Waals surface area contributed by atoms with Crippen molar-refractivity contribution in [1.82, 2.24) is 0 Å². The van der Waals surface area contributed by atoms with Gasteiger partial charge in [-0.1, -0.05) is 220 Å². The molecule has 0 fully saturated rings. The second-order valence-electron chi connectivity index (χ2n) is 18.9. The molecule has 0 radical (unpaired) electrons. The molecule has 10 aromatic rings. The number of rotatable bonds is 8. The van der Waals surface area contributed by atoms with Crippen molar-refractivity contribution < 1.29 is 0 Å². The van der Waals surface area contributed by atoms with Crippen molar-refractivity contribution in [2.45, 2.75) is 19.4 Å². The molecule has 0 atom stereocenters. The van der Waals surface area contributed by atoms with Crippen LogP contribution in [0.5, 0.6) is 0 Å². The van der Waals surface area contributed by atoms with Crippen LogP contribution in [-0.4, -0.2) is 22.9 Å². The monoisotopic (exact) mass is 900 g/mol. The van der Waals surface area contributed by atoms with Crippen LogP contribution in [0.15, 0.2) is 255 Å². The minimum Gasteiger partial charge on any atom is -0.311 e. The molecule has 0 spiro atoms. The molecule has 0 saturated heterocycles. The lowest BCUT2D eigenvalue weighted by Crippen LogP contribution is -2.73. The molecule has 2 nitrogen and oxygen atoms in total. The van der Waals surface area contributed by atoms with Gasteiger partial charge >= 0.3 is 0 Å². The van der Waals surface area contributed by atoms with E-state index in [4.69, 9.17) is 0 Å². The maximum absolute atomic E-state index is 2.84. The van der Waals surface area contributed by atoms with Crippen LogP contribution in [0, 0.1) is 0 Å². The molecule has 0 amide bonds. The second-order valence-corrected chi connectivity index (χ2v) is 27.2. The number of hydrogen-bond donors (Lipinski definition) is 0. The molecule has 5 heteroatoms. The Kier molecular flexibility index (Phi) is 9.53. The van der Waals surface area contributed by atoms with E-state index in [-0.39, 0.29) is 6.71 Å². The van der Waals surface area contributed by atoms with E-state index in [0.717, 1.165) is 11.4 Å². The van der Waals surface area contributed by atoms with E-state index < -0.39 is 16.1 Å². The van der Waals surface area contributed by atoms with Gasteiger partial charge in [-0.15, -0.1) is 0 Å². The van der Waals surface area contributed by atoms with E-state index in [1.165, 1.54) is 86.6 Å². The Labute approximate surface area is 402 Å². The Bertz CT molecular complexity index is 3420. The highest BCUT2D eigenvalue weighted by Crippen LogP contribution is 2.45. The van der Waals surface area contributed by atoms with Crippen LogP contribution in [0.4, 0.5) is 34.1 Å². The fourth-order valence-electron chi connectivity index (χ4n) is 12.7. The van der Waals surface area contributed by atoms with Crippen molar-refractivity contribution in [3.63, 3.8) is 0 Å². The summed E-state index contributed by atoms with van der Waals surface area (Å²) in [6.45, 7) is 4.91. The van der Waals surface area contributed by atoms with Crippen molar-refractivity contribution in [3.8, 4) is 11.1 Å². The summed E-state index contributed by atoms with van der Waals surface area (Å²) < 4.78 is 0. The molecule has 0 unspecified atom stereocenters. The van der Waals surface area contributed by atoms with Crippen molar-refractivity contribution in [3.05, 3.63) is 255 Å². The van der Waals surface area contributed by atoms with Crippen LogP contribution in [0.3, 0.4) is 0 Å². The minimum absolute atomic E-state index is 0.0219. The summed E-state index contributed by atoms with van der Waals surface area (Å²) in [5, 5.41) is 9.98. The highest BCUT2D eigenvalue weighted by atomic mass is 28.3. The van der Waals surface area contributed by atoms with Gasteiger partial charge in [0.1, 0.15) is 0 Å². The number of fused-ring (bicyclic) bond motifs is 7. The maximum atomic E-state index is 2.66. The Hall–Kier alpha value is -7.70. The fourth-order valence-corrected chi connectivity index (χ4v) is 23.1. The van der Waals surface area contributed by atoms with Crippen LogP contribution in [0.2, 0.25) is 5.54 Å². The highest BCUT2D eigenvalue weighted by molar-refractivity contribution is 7.22. The van der Waals surface area contributed by atoms with Gasteiger partial charge in [0.2, 0.25) is 0 Å². The summed E-state index contributed by atoms with van der Waals surface area (Å²) in [4.78, 5) is 5.22. The first-order chi connectivity index (χ1) is 33.6. The van der Waals surface area contributed by atoms with E-state index in [1.807, 2.05) is 0 Å². The van der Waals surface area contributed by atoms with E-state index in [9.17, 15) is 0 Å². The molecule has 13 rings (SSSR count). The Morgan fingerprint density at radius 1 is 0.368 bits per heavy atom. The minimum atomic E-state index is -2.84. The number of hydrogen-bond acceptors (Lipinski definition) is 2. The first-order valence-corrected chi connectivity index (χ1v) is 28.2. The Morgan fingerprint density at radius 2 is 0.824 bits per heavy atom. The molecular weight excluding hydrogens is 852 g/mol. The molecule has 322 valence electrons. The first-order valence-electron chi connectivity index (χ1n) is 24.1. The SMILES string of the molecule is CC(C)[Si](c1ccccc1)(c1ccccc1)c1cc2c3c(c1)N(c1ccccc1)c1cc4c(cc1B3c1ccccc1N2c1ccccc1)-c1ccccc1[Si]4(c1ccccc1)c1ccccc1. The molecule has 3 aliphatic heterocycles. The predicted octanol–water partition coefficient (Wildman–Crippen LogP) is 9.01. The van der Waals surface area contributed by atoms with Gasteiger partial charge < -0.3 is 9.80 Å². The van der Waals surface area contributed by atoms with Crippen LogP contribution in [0.25, 0.3) is 11.1 Å². The van der Waals surface area contributed by atoms with Gasteiger partial charge in [-0.2, -0.15) is 0 Å².